The summed E-state index contributed by atoms with van der Waals surface area (Å²) < 4.78 is 1.76. The average molecular weight is 412 g/mol. The quantitative estimate of drug-likeness (QED) is 0.450. The number of aromatic nitrogens is 8. The molecule has 0 saturated heterocycles. The van der Waals surface area contributed by atoms with E-state index in [0.29, 0.717) is 11.5 Å². The van der Waals surface area contributed by atoms with Crippen molar-refractivity contribution in [1.29, 1.82) is 0 Å². The summed E-state index contributed by atoms with van der Waals surface area (Å²) in [6.07, 6.45) is 5.54. The van der Waals surface area contributed by atoms with Crippen LogP contribution < -0.4 is 0 Å². The van der Waals surface area contributed by atoms with Gasteiger partial charge in [0.15, 0.2) is 11.5 Å². The van der Waals surface area contributed by atoms with Crippen molar-refractivity contribution in [2.24, 2.45) is 7.05 Å². The number of fused-ring (bicyclic) bond motifs is 2. The third-order valence-corrected chi connectivity index (χ3v) is 6.01. The highest BCUT2D eigenvalue weighted by Crippen LogP contribution is 2.33. The minimum Gasteiger partial charge on any atom is -0.336 e. The van der Waals surface area contributed by atoms with Crippen LogP contribution in [0.25, 0.3) is 55.4 Å². The average Bonchev–Trinajstić information content (AvgIpc) is 3.52. The van der Waals surface area contributed by atoms with Gasteiger partial charge in [0.25, 0.3) is 0 Å². The molecule has 2 N–H and O–H groups in total. The molecule has 146 valence electrons. The maximum atomic E-state index is 4.85. The molecule has 0 aliphatic rings. The molecule has 0 radical (unpaired) electrons. The van der Waals surface area contributed by atoms with Crippen LogP contribution in [0.5, 0.6) is 0 Å². The van der Waals surface area contributed by atoms with Crippen LogP contribution in [0.15, 0.2) is 48.9 Å². The Kier molecular flexibility index (Phi) is 3.59. The SMILES string of the molecule is Cc1ccc(-c2nccc3[nH]c(-c4n[nH]c5ccc(-c6cnn(C)c6)nc45)nc23)s1. The molecule has 0 aromatic carbocycles. The Balaban J connectivity index is 1.52. The second-order valence-corrected chi connectivity index (χ2v) is 8.41. The van der Waals surface area contributed by atoms with E-state index >= 15 is 0 Å². The van der Waals surface area contributed by atoms with Gasteiger partial charge in [0.1, 0.15) is 16.7 Å². The van der Waals surface area contributed by atoms with Crippen LogP contribution in [0.2, 0.25) is 0 Å². The molecule has 0 atom stereocenters. The van der Waals surface area contributed by atoms with Gasteiger partial charge >= 0.3 is 0 Å². The van der Waals surface area contributed by atoms with Crippen molar-refractivity contribution in [2.75, 3.05) is 0 Å². The zero-order valence-corrected chi connectivity index (χ0v) is 17.0. The first-order chi connectivity index (χ1) is 14.7. The maximum absolute atomic E-state index is 4.85. The van der Waals surface area contributed by atoms with Gasteiger partial charge in [0.2, 0.25) is 0 Å². The van der Waals surface area contributed by atoms with Gasteiger partial charge in [-0.15, -0.1) is 11.3 Å². The largest absolute Gasteiger partial charge is 0.336 e. The fourth-order valence-corrected chi connectivity index (χ4v) is 4.43. The lowest BCUT2D eigenvalue weighted by Crippen LogP contribution is -1.87. The summed E-state index contributed by atoms with van der Waals surface area (Å²) in [5, 5.41) is 11.8. The lowest BCUT2D eigenvalue weighted by Gasteiger charge is -1.98. The van der Waals surface area contributed by atoms with E-state index < -0.39 is 0 Å². The van der Waals surface area contributed by atoms with Gasteiger partial charge in [-0.05, 0) is 37.3 Å². The highest BCUT2D eigenvalue weighted by molar-refractivity contribution is 7.15. The Hall–Kier alpha value is -3.85. The van der Waals surface area contributed by atoms with Gasteiger partial charge in [-0.1, -0.05) is 0 Å². The number of aryl methyl sites for hydroxylation is 2. The Morgan fingerprint density at radius 2 is 1.87 bits per heavy atom. The normalized spacial score (nSPS) is 11.7. The Labute approximate surface area is 174 Å². The number of thiophene rings is 1. The first kappa shape index (κ1) is 17.0. The second-order valence-electron chi connectivity index (χ2n) is 7.12. The summed E-state index contributed by atoms with van der Waals surface area (Å²) in [6, 6.07) is 10.0. The van der Waals surface area contributed by atoms with E-state index in [1.807, 2.05) is 31.4 Å². The van der Waals surface area contributed by atoms with Crippen LogP contribution >= 0.6 is 11.3 Å². The van der Waals surface area contributed by atoms with Crippen molar-refractivity contribution in [3.63, 3.8) is 0 Å². The van der Waals surface area contributed by atoms with Crippen LogP contribution in [0, 0.1) is 6.92 Å². The molecule has 8 nitrogen and oxygen atoms in total. The van der Waals surface area contributed by atoms with Crippen molar-refractivity contribution >= 4 is 33.4 Å². The number of hydrogen-bond donors (Lipinski definition) is 2. The van der Waals surface area contributed by atoms with Crippen LogP contribution in [0.4, 0.5) is 0 Å². The molecule has 6 heterocycles. The molecular formula is C21H16N8S. The van der Waals surface area contributed by atoms with Crippen LogP contribution in [0.1, 0.15) is 4.88 Å². The predicted molar refractivity (Wildman–Crippen MR) is 117 cm³/mol. The van der Waals surface area contributed by atoms with E-state index in [-0.39, 0.29) is 0 Å². The van der Waals surface area contributed by atoms with Gasteiger partial charge in [-0.2, -0.15) is 10.2 Å². The molecule has 0 fully saturated rings. The molecule has 0 spiro atoms. The molecule has 9 heteroatoms. The number of aromatic amines is 2. The van der Waals surface area contributed by atoms with Gasteiger partial charge in [0.05, 0.1) is 27.8 Å². The van der Waals surface area contributed by atoms with E-state index in [1.54, 1.807) is 28.4 Å². The van der Waals surface area contributed by atoms with Crippen molar-refractivity contribution in [3.05, 3.63) is 53.8 Å². The maximum Gasteiger partial charge on any atom is 0.161 e. The van der Waals surface area contributed by atoms with Gasteiger partial charge in [-0.25, -0.2) is 9.97 Å². The molecular weight excluding hydrogens is 396 g/mol. The molecule has 0 aliphatic heterocycles. The summed E-state index contributed by atoms with van der Waals surface area (Å²) in [5.41, 5.74) is 6.70. The standard InChI is InChI=1S/C21H16N8S/c1-11-3-6-16(30-11)19-17-14(7-8-22-19)25-21(26-17)20-18-15(27-28-20)5-4-13(24-18)12-9-23-29(2)10-12/h3-10H,1-2H3,(H,25,26)(H,27,28). The van der Waals surface area contributed by atoms with Gasteiger partial charge in [-0.3, -0.25) is 14.8 Å². The molecule has 0 bridgehead atoms. The van der Waals surface area contributed by atoms with Gasteiger partial charge in [0, 0.05) is 29.9 Å². The molecule has 6 aromatic heterocycles. The number of H-pyrrole nitrogens is 2. The van der Waals surface area contributed by atoms with Crippen molar-refractivity contribution < 1.29 is 0 Å². The van der Waals surface area contributed by atoms with Crippen LogP contribution in [0.3, 0.4) is 0 Å². The zero-order valence-electron chi connectivity index (χ0n) is 16.2. The highest BCUT2D eigenvalue weighted by Gasteiger charge is 2.18. The summed E-state index contributed by atoms with van der Waals surface area (Å²) >= 11 is 1.71. The zero-order chi connectivity index (χ0) is 20.2. The minimum absolute atomic E-state index is 0.662. The molecule has 0 unspecified atom stereocenters. The van der Waals surface area contributed by atoms with Crippen molar-refractivity contribution in [1.82, 2.24) is 39.9 Å². The molecule has 0 saturated carbocycles. The molecule has 0 aliphatic carbocycles. The van der Waals surface area contributed by atoms with Crippen molar-refractivity contribution in [3.8, 4) is 33.3 Å². The number of hydrogen-bond acceptors (Lipinski definition) is 6. The summed E-state index contributed by atoms with van der Waals surface area (Å²) in [5.74, 6) is 0.662. The van der Waals surface area contributed by atoms with E-state index in [0.717, 1.165) is 43.9 Å². The molecule has 0 amide bonds. The van der Waals surface area contributed by atoms with E-state index in [9.17, 15) is 0 Å². The lowest BCUT2D eigenvalue weighted by atomic mass is 10.2. The third kappa shape index (κ3) is 2.63. The fraction of sp³-hybridized carbons (Fsp3) is 0.0952. The Morgan fingerprint density at radius 1 is 0.967 bits per heavy atom. The van der Waals surface area contributed by atoms with E-state index in [4.69, 9.17) is 9.97 Å². The summed E-state index contributed by atoms with van der Waals surface area (Å²) in [7, 11) is 1.89. The van der Waals surface area contributed by atoms with Crippen LogP contribution in [-0.4, -0.2) is 39.9 Å². The Morgan fingerprint density at radius 3 is 2.67 bits per heavy atom. The fourth-order valence-electron chi connectivity index (χ4n) is 3.57. The number of rotatable bonds is 3. The smallest absolute Gasteiger partial charge is 0.161 e. The molecule has 6 aromatic rings. The second kappa shape index (κ2) is 6.33. The number of nitrogens with one attached hydrogen (secondary N) is 2. The molecule has 6 rings (SSSR count). The van der Waals surface area contributed by atoms with E-state index in [2.05, 4.69) is 44.3 Å². The number of imidazole rings is 1. The number of pyridine rings is 2. The summed E-state index contributed by atoms with van der Waals surface area (Å²) in [6.45, 7) is 2.09. The molecule has 30 heavy (non-hydrogen) atoms. The monoisotopic (exact) mass is 412 g/mol. The number of nitrogens with zero attached hydrogens (tertiary/aromatic N) is 6. The minimum atomic E-state index is 0.662. The lowest BCUT2D eigenvalue weighted by molar-refractivity contribution is 0.768. The topological polar surface area (TPSA) is 101 Å². The highest BCUT2D eigenvalue weighted by atomic mass is 32.1. The third-order valence-electron chi connectivity index (χ3n) is 5.01. The predicted octanol–water partition coefficient (Wildman–Crippen LogP) is 4.33. The van der Waals surface area contributed by atoms with E-state index in [1.165, 1.54) is 4.88 Å². The summed E-state index contributed by atoms with van der Waals surface area (Å²) in [4.78, 5) is 20.0. The van der Waals surface area contributed by atoms with Gasteiger partial charge < -0.3 is 4.98 Å². The van der Waals surface area contributed by atoms with Crippen molar-refractivity contribution in [2.45, 2.75) is 6.92 Å². The first-order valence-electron chi connectivity index (χ1n) is 9.42. The first-order valence-corrected chi connectivity index (χ1v) is 10.2. The Bertz CT molecular complexity index is 1530. The van der Waals surface area contributed by atoms with Crippen LogP contribution in [-0.2, 0) is 7.05 Å².